The molecule has 0 fully saturated rings. The van der Waals surface area contributed by atoms with Gasteiger partial charge in [-0.15, -0.1) is 0 Å². The van der Waals surface area contributed by atoms with E-state index in [0.717, 1.165) is 0 Å². The summed E-state index contributed by atoms with van der Waals surface area (Å²) in [5, 5.41) is 7.87. The van der Waals surface area contributed by atoms with Gasteiger partial charge in [-0.1, -0.05) is 51.9 Å². The van der Waals surface area contributed by atoms with Crippen LogP contribution in [0, 0.1) is 0 Å². The van der Waals surface area contributed by atoms with E-state index in [1.807, 2.05) is 41.5 Å². The lowest BCUT2D eigenvalue weighted by Crippen LogP contribution is -2.14. The summed E-state index contributed by atoms with van der Waals surface area (Å²) >= 11 is 0. The van der Waals surface area contributed by atoms with Crippen LogP contribution >= 0.6 is 0 Å². The quantitative estimate of drug-likeness (QED) is 0.459. The van der Waals surface area contributed by atoms with Gasteiger partial charge in [-0.2, -0.15) is 9.97 Å². The van der Waals surface area contributed by atoms with Crippen molar-refractivity contribution in [3.05, 3.63) is 58.8 Å². The lowest BCUT2D eigenvalue weighted by atomic mass is 9.96. The molecule has 10 nitrogen and oxygen atoms in total. The maximum Gasteiger partial charge on any atom is 0.338 e. The van der Waals surface area contributed by atoms with Crippen LogP contribution in [0.2, 0.25) is 0 Å². The number of hydrogen-bond donors (Lipinski definition) is 0. The number of carbonyl (C=O) groups excluding carboxylic acids is 2. The van der Waals surface area contributed by atoms with Crippen LogP contribution in [0.25, 0.3) is 0 Å². The Morgan fingerprint density at radius 2 is 1.03 bits per heavy atom. The molecule has 0 aliphatic heterocycles. The van der Waals surface area contributed by atoms with Gasteiger partial charge in [0.15, 0.2) is 23.9 Å². The fourth-order valence-corrected chi connectivity index (χ4v) is 2.71. The van der Waals surface area contributed by atoms with Gasteiger partial charge >= 0.3 is 11.9 Å². The van der Waals surface area contributed by atoms with E-state index in [9.17, 15) is 9.59 Å². The third kappa shape index (κ3) is 5.86. The minimum absolute atomic E-state index is 0.211. The summed E-state index contributed by atoms with van der Waals surface area (Å²) in [5.41, 5.74) is -0.0464. The van der Waals surface area contributed by atoms with Crippen molar-refractivity contribution in [3.8, 4) is 0 Å². The second kappa shape index (κ2) is 9.36. The third-order valence-corrected chi connectivity index (χ3v) is 4.84. The van der Waals surface area contributed by atoms with Crippen LogP contribution in [-0.2, 0) is 20.3 Å². The molecule has 3 rings (SSSR count). The van der Waals surface area contributed by atoms with Crippen molar-refractivity contribution in [1.29, 1.82) is 0 Å². The van der Waals surface area contributed by atoms with Crippen molar-refractivity contribution in [1.82, 2.24) is 20.3 Å². The highest BCUT2D eigenvalue weighted by molar-refractivity contribution is 5.93. The van der Waals surface area contributed by atoms with E-state index in [1.54, 1.807) is 13.8 Å². The Morgan fingerprint density at radius 3 is 1.29 bits per heavy atom. The number of nitrogens with zero attached hydrogens (tertiary/aromatic N) is 4. The first-order chi connectivity index (χ1) is 15.8. The summed E-state index contributed by atoms with van der Waals surface area (Å²) in [4.78, 5) is 33.6. The van der Waals surface area contributed by atoms with Crippen molar-refractivity contribution >= 4 is 11.9 Å². The molecule has 0 aliphatic carbocycles. The minimum Gasteiger partial charge on any atom is -0.449 e. The van der Waals surface area contributed by atoms with Crippen molar-refractivity contribution in [3.63, 3.8) is 0 Å². The van der Waals surface area contributed by atoms with Crippen LogP contribution in [0.4, 0.5) is 0 Å². The summed E-state index contributed by atoms with van der Waals surface area (Å²) in [6.45, 7) is 15.0. The maximum atomic E-state index is 12.5. The molecule has 0 bridgehead atoms. The number of hydrogen-bond acceptors (Lipinski definition) is 10. The van der Waals surface area contributed by atoms with Gasteiger partial charge in [0.1, 0.15) is 0 Å². The Labute approximate surface area is 198 Å². The molecular formula is C24H30N4O6. The molecule has 3 aromatic rings. The summed E-state index contributed by atoms with van der Waals surface area (Å²) in [6, 6.07) is 5.93. The number of carbonyl (C=O) groups is 2. The number of rotatable bonds is 6. The Hall–Kier alpha value is -3.56. The first-order valence-electron chi connectivity index (χ1n) is 11.0. The fourth-order valence-electron chi connectivity index (χ4n) is 2.71. The van der Waals surface area contributed by atoms with Crippen LogP contribution in [0.3, 0.4) is 0 Å². The molecule has 0 amide bonds. The van der Waals surface area contributed by atoms with Gasteiger partial charge in [0, 0.05) is 10.8 Å². The SMILES string of the molecule is CC(OC(=O)c1ccc(C(=O)OC(C)c2nc(C(C)(C)C)no2)cc1)c1nc(C(C)(C)C)no1. The van der Waals surface area contributed by atoms with Crippen LogP contribution in [-0.4, -0.2) is 32.2 Å². The van der Waals surface area contributed by atoms with Crippen molar-refractivity contribution in [2.45, 2.75) is 78.4 Å². The first kappa shape index (κ1) is 25.1. The summed E-state index contributed by atoms with van der Waals surface area (Å²) in [6.07, 6.45) is -1.46. The topological polar surface area (TPSA) is 130 Å². The molecule has 0 N–H and O–H groups in total. The largest absolute Gasteiger partial charge is 0.449 e. The predicted molar refractivity (Wildman–Crippen MR) is 120 cm³/mol. The highest BCUT2D eigenvalue weighted by Gasteiger charge is 2.27. The molecule has 10 heteroatoms. The molecule has 2 unspecified atom stereocenters. The fraction of sp³-hybridized carbons (Fsp3) is 0.500. The average molecular weight is 471 g/mol. The van der Waals surface area contributed by atoms with Crippen LogP contribution < -0.4 is 0 Å². The molecule has 1 aromatic carbocycles. The molecule has 34 heavy (non-hydrogen) atoms. The van der Waals surface area contributed by atoms with Gasteiger partial charge in [-0.05, 0) is 38.1 Å². The van der Waals surface area contributed by atoms with Gasteiger partial charge in [0.2, 0.25) is 0 Å². The molecule has 182 valence electrons. The average Bonchev–Trinajstić information content (AvgIpc) is 3.43. The molecule has 0 spiro atoms. The normalized spacial score (nSPS) is 13.9. The Balaban J connectivity index is 1.60. The van der Waals surface area contributed by atoms with Crippen LogP contribution in [0.15, 0.2) is 33.3 Å². The molecule has 0 aliphatic rings. The Morgan fingerprint density at radius 1 is 0.706 bits per heavy atom. The molecule has 2 aromatic heterocycles. The van der Waals surface area contributed by atoms with E-state index in [1.165, 1.54) is 24.3 Å². The van der Waals surface area contributed by atoms with E-state index in [2.05, 4.69) is 20.3 Å². The second-order valence-corrected chi connectivity index (χ2v) is 10.1. The zero-order valence-corrected chi connectivity index (χ0v) is 20.7. The Kier molecular flexibility index (Phi) is 6.90. The van der Waals surface area contributed by atoms with Gasteiger partial charge in [-0.25, -0.2) is 9.59 Å². The lowest BCUT2D eigenvalue weighted by molar-refractivity contribution is 0.0252. The minimum atomic E-state index is -0.728. The van der Waals surface area contributed by atoms with Gasteiger partial charge in [0.25, 0.3) is 11.8 Å². The second-order valence-electron chi connectivity index (χ2n) is 10.1. The van der Waals surface area contributed by atoms with E-state index in [4.69, 9.17) is 18.5 Å². The first-order valence-corrected chi connectivity index (χ1v) is 11.0. The maximum absolute atomic E-state index is 12.5. The van der Waals surface area contributed by atoms with Crippen molar-refractivity contribution in [2.24, 2.45) is 0 Å². The zero-order valence-electron chi connectivity index (χ0n) is 20.7. The zero-order chi connectivity index (χ0) is 25.3. The van der Waals surface area contributed by atoms with E-state index in [0.29, 0.717) is 11.6 Å². The molecule has 2 heterocycles. The summed E-state index contributed by atoms with van der Waals surface area (Å²) in [7, 11) is 0. The monoisotopic (exact) mass is 470 g/mol. The molecule has 0 saturated heterocycles. The lowest BCUT2D eigenvalue weighted by Gasteiger charge is -2.12. The molecule has 0 radical (unpaired) electrons. The summed E-state index contributed by atoms with van der Waals surface area (Å²) in [5.74, 6) is 0.301. The molecule has 2 atom stereocenters. The highest BCUT2D eigenvalue weighted by atomic mass is 16.6. The molecule has 0 saturated carbocycles. The number of esters is 2. The standard InChI is InChI=1S/C24H30N4O6/c1-13(17-25-21(27-33-17)23(3,4)5)31-19(29)15-9-11-16(12-10-15)20(30)32-14(2)18-26-22(28-34-18)24(6,7)8/h9-14H,1-8H3. The predicted octanol–water partition coefficient (Wildman–Crippen LogP) is 4.88. The van der Waals surface area contributed by atoms with Crippen molar-refractivity contribution in [2.75, 3.05) is 0 Å². The summed E-state index contributed by atoms with van der Waals surface area (Å²) < 4.78 is 21.3. The van der Waals surface area contributed by atoms with Crippen LogP contribution in [0.5, 0.6) is 0 Å². The highest BCUT2D eigenvalue weighted by Crippen LogP contribution is 2.24. The molecular weight excluding hydrogens is 440 g/mol. The van der Waals surface area contributed by atoms with E-state index < -0.39 is 24.1 Å². The number of aromatic nitrogens is 4. The third-order valence-electron chi connectivity index (χ3n) is 4.84. The smallest absolute Gasteiger partial charge is 0.338 e. The van der Waals surface area contributed by atoms with Gasteiger partial charge in [-0.3, -0.25) is 0 Å². The van der Waals surface area contributed by atoms with Gasteiger partial charge < -0.3 is 18.5 Å². The van der Waals surface area contributed by atoms with E-state index in [-0.39, 0.29) is 33.7 Å². The van der Waals surface area contributed by atoms with Crippen molar-refractivity contribution < 1.29 is 28.1 Å². The number of ether oxygens (including phenoxy) is 2. The van der Waals surface area contributed by atoms with E-state index >= 15 is 0 Å². The van der Waals surface area contributed by atoms with Gasteiger partial charge in [0.05, 0.1) is 11.1 Å². The number of benzene rings is 1. The Bertz CT molecular complexity index is 1060. The van der Waals surface area contributed by atoms with Crippen LogP contribution in [0.1, 0.15) is 112 Å².